The summed E-state index contributed by atoms with van der Waals surface area (Å²) >= 11 is 0. The second kappa shape index (κ2) is 5.51. The Balaban J connectivity index is 1.68. The molecule has 0 bridgehead atoms. The molecule has 3 rings (SSSR count). The average molecular weight is 275 g/mol. The fraction of sp³-hybridized carbons (Fsp3) is 0.688. The van der Waals surface area contributed by atoms with E-state index < -0.39 is 0 Å². The Bertz CT molecular complexity index is 471. The van der Waals surface area contributed by atoms with Crippen molar-refractivity contribution in [1.82, 2.24) is 4.98 Å². The fourth-order valence-electron chi connectivity index (χ4n) is 2.75. The number of hydrogen-bond acceptors (Lipinski definition) is 4. The summed E-state index contributed by atoms with van der Waals surface area (Å²) in [5.41, 5.74) is 6.61. The summed E-state index contributed by atoms with van der Waals surface area (Å²) in [5.74, 6) is 3.84. The van der Waals surface area contributed by atoms with Gasteiger partial charge in [-0.15, -0.1) is 0 Å². The van der Waals surface area contributed by atoms with Gasteiger partial charge in [0.1, 0.15) is 5.82 Å². The first-order valence-electron chi connectivity index (χ1n) is 7.77. The molecule has 1 unspecified atom stereocenters. The van der Waals surface area contributed by atoms with Gasteiger partial charge in [0.25, 0.3) is 0 Å². The predicted molar refractivity (Wildman–Crippen MR) is 82.0 cm³/mol. The van der Waals surface area contributed by atoms with Gasteiger partial charge >= 0.3 is 0 Å². The van der Waals surface area contributed by atoms with E-state index in [-0.39, 0.29) is 0 Å². The molecule has 1 atom stereocenters. The Labute approximate surface area is 121 Å². The molecule has 1 saturated carbocycles. The van der Waals surface area contributed by atoms with Gasteiger partial charge in [-0.2, -0.15) is 4.98 Å². The van der Waals surface area contributed by atoms with Crippen molar-refractivity contribution in [3.8, 4) is 5.88 Å². The van der Waals surface area contributed by atoms with Crippen LogP contribution in [0.1, 0.15) is 33.1 Å². The van der Waals surface area contributed by atoms with Gasteiger partial charge in [0.05, 0.1) is 12.3 Å². The summed E-state index contributed by atoms with van der Waals surface area (Å²) in [6, 6.07) is 3.94. The number of ether oxygens (including phenoxy) is 1. The number of pyridine rings is 1. The van der Waals surface area contributed by atoms with E-state index in [2.05, 4.69) is 23.7 Å². The van der Waals surface area contributed by atoms with Gasteiger partial charge in [-0.25, -0.2) is 0 Å². The molecule has 110 valence electrons. The highest BCUT2D eigenvalue weighted by molar-refractivity contribution is 5.55. The van der Waals surface area contributed by atoms with Crippen LogP contribution in [0.15, 0.2) is 12.1 Å². The van der Waals surface area contributed by atoms with Crippen LogP contribution in [0.2, 0.25) is 0 Å². The van der Waals surface area contributed by atoms with Gasteiger partial charge in [-0.05, 0) is 49.1 Å². The molecule has 0 amide bonds. The van der Waals surface area contributed by atoms with Crippen LogP contribution in [0, 0.1) is 17.8 Å². The molecule has 0 spiro atoms. The molecule has 2 fully saturated rings. The average Bonchev–Trinajstić information content (AvgIpc) is 3.12. The largest absolute Gasteiger partial charge is 0.476 e. The maximum absolute atomic E-state index is 5.96. The summed E-state index contributed by atoms with van der Waals surface area (Å²) in [6.45, 7) is 7.54. The van der Waals surface area contributed by atoms with Crippen molar-refractivity contribution in [3.63, 3.8) is 0 Å². The van der Waals surface area contributed by atoms with Crippen LogP contribution >= 0.6 is 0 Å². The Morgan fingerprint density at radius 2 is 2.15 bits per heavy atom. The maximum atomic E-state index is 5.96. The standard InChI is InChI=1S/C16H25N3O/c1-11(2)13-7-8-19(9-13)15-6-5-14(17)16(18-15)20-10-12-3-4-12/h5-6,11-13H,3-4,7-10,17H2,1-2H3. The van der Waals surface area contributed by atoms with Crippen LogP contribution in [-0.4, -0.2) is 24.7 Å². The monoisotopic (exact) mass is 275 g/mol. The first-order valence-corrected chi connectivity index (χ1v) is 7.77. The van der Waals surface area contributed by atoms with Crippen LogP contribution < -0.4 is 15.4 Å². The van der Waals surface area contributed by atoms with E-state index in [0.717, 1.165) is 43.3 Å². The summed E-state index contributed by atoms with van der Waals surface area (Å²) in [5, 5.41) is 0. The molecule has 1 aromatic heterocycles. The number of nitrogens with two attached hydrogens (primary N) is 1. The lowest BCUT2D eigenvalue weighted by atomic mass is 9.95. The Kier molecular flexibility index (Phi) is 3.72. The lowest BCUT2D eigenvalue weighted by molar-refractivity contribution is 0.290. The molecule has 1 saturated heterocycles. The van der Waals surface area contributed by atoms with Gasteiger partial charge in [0, 0.05) is 13.1 Å². The Morgan fingerprint density at radius 3 is 2.80 bits per heavy atom. The second-order valence-electron chi connectivity index (χ2n) is 6.56. The molecule has 0 aromatic carbocycles. The maximum Gasteiger partial charge on any atom is 0.239 e. The van der Waals surface area contributed by atoms with Crippen molar-refractivity contribution in [2.45, 2.75) is 33.1 Å². The SMILES string of the molecule is CC(C)C1CCN(c2ccc(N)c(OCC3CC3)n2)C1. The third-order valence-corrected chi connectivity index (χ3v) is 4.52. The summed E-state index contributed by atoms with van der Waals surface area (Å²) in [6.07, 6.45) is 3.81. The minimum absolute atomic E-state index is 0.613. The van der Waals surface area contributed by atoms with Gasteiger partial charge in [0.2, 0.25) is 5.88 Å². The zero-order valence-electron chi connectivity index (χ0n) is 12.5. The zero-order chi connectivity index (χ0) is 14.1. The minimum atomic E-state index is 0.613. The number of rotatable bonds is 5. The number of anilines is 2. The smallest absolute Gasteiger partial charge is 0.239 e. The lowest BCUT2D eigenvalue weighted by Gasteiger charge is -2.20. The summed E-state index contributed by atoms with van der Waals surface area (Å²) < 4.78 is 5.77. The van der Waals surface area contributed by atoms with Crippen LogP contribution in [0.25, 0.3) is 0 Å². The second-order valence-corrected chi connectivity index (χ2v) is 6.56. The molecule has 0 radical (unpaired) electrons. The highest BCUT2D eigenvalue weighted by atomic mass is 16.5. The molecular weight excluding hydrogens is 250 g/mol. The molecule has 2 N–H and O–H groups in total. The topological polar surface area (TPSA) is 51.4 Å². The minimum Gasteiger partial charge on any atom is -0.476 e. The van der Waals surface area contributed by atoms with Crippen molar-refractivity contribution >= 4 is 11.5 Å². The zero-order valence-corrected chi connectivity index (χ0v) is 12.5. The number of aromatic nitrogens is 1. The van der Waals surface area contributed by atoms with Crippen molar-refractivity contribution < 1.29 is 4.74 Å². The van der Waals surface area contributed by atoms with Crippen LogP contribution in [0.4, 0.5) is 11.5 Å². The van der Waals surface area contributed by atoms with Gasteiger partial charge < -0.3 is 15.4 Å². The van der Waals surface area contributed by atoms with E-state index in [0.29, 0.717) is 11.6 Å². The van der Waals surface area contributed by atoms with E-state index in [9.17, 15) is 0 Å². The van der Waals surface area contributed by atoms with Crippen LogP contribution in [-0.2, 0) is 0 Å². The van der Waals surface area contributed by atoms with E-state index >= 15 is 0 Å². The number of nitrogens with zero attached hydrogens (tertiary/aromatic N) is 2. The molecule has 1 aliphatic heterocycles. The Hall–Kier alpha value is -1.45. The van der Waals surface area contributed by atoms with E-state index in [1.165, 1.54) is 19.3 Å². The summed E-state index contributed by atoms with van der Waals surface area (Å²) in [4.78, 5) is 6.98. The molecular formula is C16H25N3O. The van der Waals surface area contributed by atoms with Crippen molar-refractivity contribution in [1.29, 1.82) is 0 Å². The quantitative estimate of drug-likeness (QED) is 0.897. The fourth-order valence-corrected chi connectivity index (χ4v) is 2.75. The van der Waals surface area contributed by atoms with Gasteiger partial charge in [0.15, 0.2) is 0 Å². The van der Waals surface area contributed by atoms with E-state index in [4.69, 9.17) is 10.5 Å². The molecule has 2 heterocycles. The summed E-state index contributed by atoms with van der Waals surface area (Å²) in [7, 11) is 0. The van der Waals surface area contributed by atoms with Crippen molar-refractivity contribution in [2.75, 3.05) is 30.3 Å². The van der Waals surface area contributed by atoms with Gasteiger partial charge in [-0.1, -0.05) is 13.8 Å². The third-order valence-electron chi connectivity index (χ3n) is 4.52. The first-order chi connectivity index (χ1) is 9.63. The molecule has 4 nitrogen and oxygen atoms in total. The Morgan fingerprint density at radius 1 is 1.35 bits per heavy atom. The van der Waals surface area contributed by atoms with Crippen molar-refractivity contribution in [3.05, 3.63) is 12.1 Å². The lowest BCUT2D eigenvalue weighted by Crippen LogP contribution is -2.22. The number of hydrogen-bond donors (Lipinski definition) is 1. The number of nitrogen functional groups attached to an aromatic ring is 1. The van der Waals surface area contributed by atoms with E-state index in [1.807, 2.05) is 12.1 Å². The molecule has 2 aliphatic rings. The van der Waals surface area contributed by atoms with Crippen molar-refractivity contribution in [2.24, 2.45) is 17.8 Å². The predicted octanol–water partition coefficient (Wildman–Crippen LogP) is 2.93. The highest BCUT2D eigenvalue weighted by Gasteiger charge is 2.26. The van der Waals surface area contributed by atoms with Gasteiger partial charge in [-0.3, -0.25) is 0 Å². The van der Waals surface area contributed by atoms with E-state index in [1.54, 1.807) is 0 Å². The molecule has 20 heavy (non-hydrogen) atoms. The van der Waals surface area contributed by atoms with Crippen LogP contribution in [0.5, 0.6) is 5.88 Å². The molecule has 1 aliphatic carbocycles. The highest BCUT2D eigenvalue weighted by Crippen LogP contribution is 2.32. The first kappa shape index (κ1) is 13.5. The molecule has 1 aromatic rings. The normalized spacial score (nSPS) is 22.6. The molecule has 4 heteroatoms. The third kappa shape index (κ3) is 3.00. The van der Waals surface area contributed by atoms with Crippen LogP contribution in [0.3, 0.4) is 0 Å².